The molecule has 4 heteroatoms. The number of para-hydroxylation sites is 1. The monoisotopic (exact) mass is 294 g/mol. The molecule has 0 bridgehead atoms. The van der Waals surface area contributed by atoms with Crippen molar-refractivity contribution in [3.8, 4) is 5.75 Å². The quantitative estimate of drug-likeness (QED) is 0.764. The number of aromatic amines is 1. The maximum Gasteiger partial charge on any atom is 0.272 e. The van der Waals surface area contributed by atoms with Crippen LogP contribution in [0.15, 0.2) is 48.5 Å². The molecular weight excluding hydrogens is 276 g/mol. The van der Waals surface area contributed by atoms with Gasteiger partial charge in [-0.15, -0.1) is 0 Å². The van der Waals surface area contributed by atoms with Crippen molar-refractivity contribution < 1.29 is 9.53 Å². The summed E-state index contributed by atoms with van der Waals surface area (Å²) < 4.78 is 5.36. The molecule has 0 aliphatic carbocycles. The van der Waals surface area contributed by atoms with Gasteiger partial charge >= 0.3 is 0 Å². The maximum absolute atomic E-state index is 12.4. The molecule has 1 heterocycles. The van der Waals surface area contributed by atoms with Gasteiger partial charge in [0.2, 0.25) is 0 Å². The third-order valence-electron chi connectivity index (χ3n) is 3.70. The van der Waals surface area contributed by atoms with Gasteiger partial charge in [-0.3, -0.25) is 4.79 Å². The normalized spacial score (nSPS) is 10.6. The maximum atomic E-state index is 12.4. The Labute approximate surface area is 129 Å². The van der Waals surface area contributed by atoms with Crippen LogP contribution in [0, 0.1) is 0 Å². The molecule has 0 atom stereocenters. The second kappa shape index (κ2) is 5.93. The Morgan fingerprint density at radius 2 is 2.00 bits per heavy atom. The molecule has 0 aliphatic rings. The molecule has 0 spiro atoms. The molecule has 0 aliphatic heterocycles. The van der Waals surface area contributed by atoms with E-state index in [1.165, 1.54) is 5.56 Å². The predicted octanol–water partition coefficient (Wildman–Crippen LogP) is 3.99. The van der Waals surface area contributed by atoms with E-state index in [4.69, 9.17) is 4.74 Å². The van der Waals surface area contributed by atoms with Crippen molar-refractivity contribution in [3.63, 3.8) is 0 Å². The van der Waals surface area contributed by atoms with E-state index < -0.39 is 0 Å². The number of amides is 1. The molecule has 3 rings (SSSR count). The molecule has 4 nitrogen and oxygen atoms in total. The molecule has 1 aromatic heterocycles. The number of nitrogens with one attached hydrogen (secondary N) is 2. The molecule has 0 radical (unpaired) electrons. The van der Waals surface area contributed by atoms with Gasteiger partial charge in [0, 0.05) is 10.9 Å². The molecule has 2 aromatic carbocycles. The van der Waals surface area contributed by atoms with Gasteiger partial charge in [-0.25, -0.2) is 0 Å². The van der Waals surface area contributed by atoms with Gasteiger partial charge < -0.3 is 15.0 Å². The molecule has 2 N–H and O–H groups in total. The summed E-state index contributed by atoms with van der Waals surface area (Å²) in [5.41, 5.74) is 3.31. The minimum atomic E-state index is -0.182. The van der Waals surface area contributed by atoms with E-state index >= 15 is 0 Å². The lowest BCUT2D eigenvalue weighted by atomic mass is 10.1. The van der Waals surface area contributed by atoms with Crippen molar-refractivity contribution in [1.29, 1.82) is 0 Å². The molecule has 1 amide bonds. The van der Waals surface area contributed by atoms with Crippen LogP contribution in [0.4, 0.5) is 5.69 Å². The molecule has 22 heavy (non-hydrogen) atoms. The number of hydrogen-bond donors (Lipinski definition) is 2. The van der Waals surface area contributed by atoms with Gasteiger partial charge in [0.15, 0.2) is 0 Å². The van der Waals surface area contributed by atoms with Crippen LogP contribution in [0.2, 0.25) is 0 Å². The largest absolute Gasteiger partial charge is 0.495 e. The minimum absolute atomic E-state index is 0.182. The van der Waals surface area contributed by atoms with Crippen molar-refractivity contribution in [2.45, 2.75) is 13.3 Å². The number of hydrogen-bond acceptors (Lipinski definition) is 2. The minimum Gasteiger partial charge on any atom is -0.495 e. The van der Waals surface area contributed by atoms with Crippen LogP contribution in [-0.4, -0.2) is 18.0 Å². The first-order valence-electron chi connectivity index (χ1n) is 7.27. The standard InChI is InChI=1S/C18H18N2O2/c1-3-12-8-9-15(17(10-12)22-2)20-18(21)16-11-13-6-4-5-7-14(13)19-16/h4-11,19H,3H2,1-2H3,(H,20,21). The first-order chi connectivity index (χ1) is 10.7. The molecular formula is C18H18N2O2. The summed E-state index contributed by atoms with van der Waals surface area (Å²) in [6.07, 6.45) is 0.923. The van der Waals surface area contributed by atoms with Crippen LogP contribution < -0.4 is 10.1 Å². The Balaban J connectivity index is 1.87. The van der Waals surface area contributed by atoms with E-state index in [-0.39, 0.29) is 5.91 Å². The Morgan fingerprint density at radius 3 is 2.73 bits per heavy atom. The highest BCUT2D eigenvalue weighted by atomic mass is 16.5. The van der Waals surface area contributed by atoms with Crippen molar-refractivity contribution >= 4 is 22.5 Å². The van der Waals surface area contributed by atoms with E-state index in [1.807, 2.05) is 48.5 Å². The highest BCUT2D eigenvalue weighted by molar-refractivity contribution is 6.06. The Kier molecular flexibility index (Phi) is 3.83. The number of methoxy groups -OCH3 is 1. The van der Waals surface area contributed by atoms with Crippen LogP contribution in [0.3, 0.4) is 0 Å². The fraction of sp³-hybridized carbons (Fsp3) is 0.167. The summed E-state index contributed by atoms with van der Waals surface area (Å²) in [5, 5.41) is 3.91. The Morgan fingerprint density at radius 1 is 1.18 bits per heavy atom. The SMILES string of the molecule is CCc1ccc(NC(=O)c2cc3ccccc3[nH]2)c(OC)c1. The first-order valence-corrected chi connectivity index (χ1v) is 7.27. The number of carbonyl (C=O) groups excluding carboxylic acids is 1. The average Bonchev–Trinajstić information content (AvgIpc) is 2.99. The lowest BCUT2D eigenvalue weighted by Gasteiger charge is -2.11. The fourth-order valence-corrected chi connectivity index (χ4v) is 2.44. The summed E-state index contributed by atoms with van der Waals surface area (Å²) in [6.45, 7) is 2.08. The number of carbonyl (C=O) groups is 1. The summed E-state index contributed by atoms with van der Waals surface area (Å²) in [6, 6.07) is 15.5. The van der Waals surface area contributed by atoms with E-state index in [1.54, 1.807) is 7.11 Å². The van der Waals surface area contributed by atoms with Crippen LogP contribution >= 0.6 is 0 Å². The number of ether oxygens (including phenoxy) is 1. The average molecular weight is 294 g/mol. The number of H-pyrrole nitrogens is 1. The van der Waals surface area contributed by atoms with Crippen molar-refractivity contribution in [3.05, 3.63) is 59.8 Å². The molecule has 0 unspecified atom stereocenters. The zero-order valence-electron chi connectivity index (χ0n) is 12.6. The zero-order chi connectivity index (χ0) is 15.5. The summed E-state index contributed by atoms with van der Waals surface area (Å²) >= 11 is 0. The molecule has 3 aromatic rings. The number of rotatable bonds is 4. The second-order valence-corrected chi connectivity index (χ2v) is 5.11. The first kappa shape index (κ1) is 14.2. The third kappa shape index (κ3) is 2.68. The van der Waals surface area contributed by atoms with Gasteiger partial charge in [0.25, 0.3) is 5.91 Å². The molecule has 0 saturated carbocycles. The van der Waals surface area contributed by atoms with Gasteiger partial charge in [-0.05, 0) is 36.2 Å². The summed E-state index contributed by atoms with van der Waals surface area (Å²) in [4.78, 5) is 15.5. The van der Waals surface area contributed by atoms with E-state index in [9.17, 15) is 4.79 Å². The number of anilines is 1. The number of aryl methyl sites for hydroxylation is 1. The van der Waals surface area contributed by atoms with Gasteiger partial charge in [0.05, 0.1) is 12.8 Å². The lowest BCUT2D eigenvalue weighted by Crippen LogP contribution is -2.13. The zero-order valence-corrected chi connectivity index (χ0v) is 12.6. The summed E-state index contributed by atoms with van der Waals surface area (Å²) in [7, 11) is 1.60. The van der Waals surface area contributed by atoms with Crippen LogP contribution in [-0.2, 0) is 6.42 Å². The van der Waals surface area contributed by atoms with Crippen LogP contribution in [0.1, 0.15) is 23.0 Å². The van der Waals surface area contributed by atoms with E-state index in [0.29, 0.717) is 17.1 Å². The lowest BCUT2D eigenvalue weighted by molar-refractivity contribution is 0.102. The highest BCUT2D eigenvalue weighted by Gasteiger charge is 2.12. The van der Waals surface area contributed by atoms with E-state index in [0.717, 1.165) is 17.3 Å². The smallest absolute Gasteiger partial charge is 0.272 e. The highest BCUT2D eigenvalue weighted by Crippen LogP contribution is 2.26. The number of benzene rings is 2. The third-order valence-corrected chi connectivity index (χ3v) is 3.70. The molecule has 112 valence electrons. The van der Waals surface area contributed by atoms with Crippen molar-refractivity contribution in [1.82, 2.24) is 4.98 Å². The van der Waals surface area contributed by atoms with Crippen molar-refractivity contribution in [2.75, 3.05) is 12.4 Å². The van der Waals surface area contributed by atoms with Gasteiger partial charge in [0.1, 0.15) is 11.4 Å². The topological polar surface area (TPSA) is 54.1 Å². The Bertz CT molecular complexity index is 788. The number of aromatic nitrogens is 1. The second-order valence-electron chi connectivity index (χ2n) is 5.11. The van der Waals surface area contributed by atoms with Crippen molar-refractivity contribution in [2.24, 2.45) is 0 Å². The van der Waals surface area contributed by atoms with Crippen LogP contribution in [0.5, 0.6) is 5.75 Å². The number of fused-ring (bicyclic) bond motifs is 1. The molecule has 0 fully saturated rings. The van der Waals surface area contributed by atoms with Gasteiger partial charge in [-0.2, -0.15) is 0 Å². The fourth-order valence-electron chi connectivity index (χ4n) is 2.44. The summed E-state index contributed by atoms with van der Waals surface area (Å²) in [5.74, 6) is 0.488. The van der Waals surface area contributed by atoms with Crippen LogP contribution in [0.25, 0.3) is 10.9 Å². The molecule has 0 saturated heterocycles. The Hall–Kier alpha value is -2.75. The predicted molar refractivity (Wildman–Crippen MR) is 88.6 cm³/mol. The van der Waals surface area contributed by atoms with E-state index in [2.05, 4.69) is 17.2 Å². The van der Waals surface area contributed by atoms with Gasteiger partial charge in [-0.1, -0.05) is 31.2 Å².